The van der Waals surface area contributed by atoms with Gasteiger partial charge in [-0.1, -0.05) is 0 Å². The van der Waals surface area contributed by atoms with Crippen molar-refractivity contribution < 1.29 is 9.13 Å². The molecule has 3 rings (SSSR count). The van der Waals surface area contributed by atoms with E-state index < -0.39 is 0 Å². The summed E-state index contributed by atoms with van der Waals surface area (Å²) in [4.78, 5) is 9.05. The number of piperazine rings is 1. The first kappa shape index (κ1) is 14.3. The van der Waals surface area contributed by atoms with Gasteiger partial charge in [0, 0.05) is 44.3 Å². The lowest BCUT2D eigenvalue weighted by molar-refractivity contribution is 0.200. The van der Waals surface area contributed by atoms with Gasteiger partial charge in [0.1, 0.15) is 18.2 Å². The van der Waals surface area contributed by atoms with Crippen molar-refractivity contribution in [1.29, 1.82) is 0 Å². The molecule has 1 aromatic heterocycles. The molecule has 0 spiro atoms. The zero-order valence-corrected chi connectivity index (χ0v) is 12.6. The Bertz CT molecular complexity index is 539. The number of hydrogen-bond donors (Lipinski definition) is 0. The van der Waals surface area contributed by atoms with Gasteiger partial charge in [-0.2, -0.15) is 0 Å². The van der Waals surface area contributed by atoms with Crippen molar-refractivity contribution in [2.45, 2.75) is 0 Å². The summed E-state index contributed by atoms with van der Waals surface area (Å²) in [6.45, 7) is 5.57. The Morgan fingerprint density at radius 2 is 1.90 bits per heavy atom. The molecule has 21 heavy (non-hydrogen) atoms. The Kier molecular flexibility index (Phi) is 4.67. The van der Waals surface area contributed by atoms with Crippen LogP contribution in [-0.2, 0) is 0 Å². The number of hydrogen-bond acceptors (Lipinski definition) is 5. The van der Waals surface area contributed by atoms with Crippen LogP contribution >= 0.6 is 11.3 Å². The molecular formula is C15H18FN3OS. The van der Waals surface area contributed by atoms with Crippen LogP contribution in [0, 0.1) is 5.82 Å². The number of rotatable bonds is 5. The summed E-state index contributed by atoms with van der Waals surface area (Å²) in [7, 11) is 0. The maximum atomic E-state index is 12.8. The molecule has 4 nitrogen and oxygen atoms in total. The second-order valence-electron chi connectivity index (χ2n) is 4.95. The first-order valence-electron chi connectivity index (χ1n) is 7.06. The first-order valence-corrected chi connectivity index (χ1v) is 7.94. The molecule has 1 saturated heterocycles. The molecule has 112 valence electrons. The molecule has 1 aromatic carbocycles. The maximum absolute atomic E-state index is 12.8. The first-order chi connectivity index (χ1) is 10.3. The molecule has 6 heteroatoms. The molecule has 0 unspecified atom stereocenters. The minimum Gasteiger partial charge on any atom is -0.492 e. The fourth-order valence-corrected chi connectivity index (χ4v) is 3.06. The second kappa shape index (κ2) is 6.87. The monoisotopic (exact) mass is 307 g/mol. The van der Waals surface area contributed by atoms with E-state index in [-0.39, 0.29) is 5.82 Å². The number of thiazole rings is 1. The molecule has 2 aromatic rings. The highest BCUT2D eigenvalue weighted by Gasteiger charge is 2.18. The van der Waals surface area contributed by atoms with E-state index in [0.717, 1.165) is 43.6 Å². The summed E-state index contributed by atoms with van der Waals surface area (Å²) in [6, 6.07) is 6.16. The summed E-state index contributed by atoms with van der Waals surface area (Å²) in [6.07, 6.45) is 1.85. The zero-order chi connectivity index (χ0) is 14.5. The van der Waals surface area contributed by atoms with E-state index in [1.54, 1.807) is 23.5 Å². The van der Waals surface area contributed by atoms with Gasteiger partial charge in [0.25, 0.3) is 0 Å². The van der Waals surface area contributed by atoms with E-state index in [0.29, 0.717) is 6.61 Å². The van der Waals surface area contributed by atoms with Crippen molar-refractivity contribution in [3.63, 3.8) is 0 Å². The highest BCUT2D eigenvalue weighted by molar-refractivity contribution is 7.13. The molecule has 0 saturated carbocycles. The van der Waals surface area contributed by atoms with Gasteiger partial charge in [-0.15, -0.1) is 11.3 Å². The number of halogens is 1. The van der Waals surface area contributed by atoms with Crippen LogP contribution < -0.4 is 9.64 Å². The molecule has 0 atom stereocenters. The lowest BCUT2D eigenvalue weighted by atomic mass is 10.3. The lowest BCUT2D eigenvalue weighted by Crippen LogP contribution is -2.47. The average molecular weight is 307 g/mol. The average Bonchev–Trinajstić information content (AvgIpc) is 3.04. The Labute approximate surface area is 127 Å². The third-order valence-electron chi connectivity index (χ3n) is 3.55. The van der Waals surface area contributed by atoms with Gasteiger partial charge in [0.05, 0.1) is 0 Å². The number of aromatic nitrogens is 1. The van der Waals surface area contributed by atoms with Crippen molar-refractivity contribution in [3.8, 4) is 5.75 Å². The van der Waals surface area contributed by atoms with Gasteiger partial charge in [-0.3, -0.25) is 4.90 Å². The molecule has 0 bridgehead atoms. The van der Waals surface area contributed by atoms with Crippen LogP contribution in [0.25, 0.3) is 0 Å². The highest BCUT2D eigenvalue weighted by Crippen LogP contribution is 2.18. The molecule has 1 aliphatic rings. The molecular weight excluding hydrogens is 289 g/mol. The smallest absolute Gasteiger partial charge is 0.185 e. The van der Waals surface area contributed by atoms with Gasteiger partial charge in [-0.25, -0.2) is 9.37 Å². The quantitative estimate of drug-likeness (QED) is 0.848. The molecule has 1 aliphatic heterocycles. The van der Waals surface area contributed by atoms with Crippen molar-refractivity contribution >= 4 is 16.5 Å². The summed E-state index contributed by atoms with van der Waals surface area (Å²) in [5.74, 6) is 0.485. The van der Waals surface area contributed by atoms with Gasteiger partial charge in [0.15, 0.2) is 5.13 Å². The number of anilines is 1. The molecule has 0 amide bonds. The molecule has 0 radical (unpaired) electrons. The van der Waals surface area contributed by atoms with Gasteiger partial charge in [0.2, 0.25) is 0 Å². The van der Waals surface area contributed by atoms with Crippen LogP contribution in [0.15, 0.2) is 35.8 Å². The van der Waals surface area contributed by atoms with Gasteiger partial charge < -0.3 is 9.64 Å². The van der Waals surface area contributed by atoms with Crippen LogP contribution in [-0.4, -0.2) is 49.2 Å². The SMILES string of the molecule is Fc1ccc(OCCN2CCN(c3nccs3)CC2)cc1. The lowest BCUT2D eigenvalue weighted by Gasteiger charge is -2.34. The second-order valence-corrected chi connectivity index (χ2v) is 5.82. The van der Waals surface area contributed by atoms with Crippen LogP contribution in [0.2, 0.25) is 0 Å². The number of benzene rings is 1. The minimum atomic E-state index is -0.236. The van der Waals surface area contributed by atoms with Crippen LogP contribution in [0.1, 0.15) is 0 Å². The fraction of sp³-hybridized carbons (Fsp3) is 0.400. The van der Waals surface area contributed by atoms with E-state index >= 15 is 0 Å². The molecule has 0 aliphatic carbocycles. The Morgan fingerprint density at radius 3 is 2.57 bits per heavy atom. The van der Waals surface area contributed by atoms with Crippen LogP contribution in [0.3, 0.4) is 0 Å². The van der Waals surface area contributed by atoms with Crippen molar-refractivity contribution in [3.05, 3.63) is 41.7 Å². The third kappa shape index (κ3) is 3.92. The molecule has 1 fully saturated rings. The van der Waals surface area contributed by atoms with Gasteiger partial charge >= 0.3 is 0 Å². The standard InChI is InChI=1S/C15H18FN3OS/c16-13-1-3-14(4-2-13)20-11-10-18-6-8-19(9-7-18)15-17-5-12-21-15/h1-5,12H,6-11H2. The summed E-state index contributed by atoms with van der Waals surface area (Å²) < 4.78 is 18.4. The minimum absolute atomic E-state index is 0.236. The molecule has 0 N–H and O–H groups in total. The van der Waals surface area contributed by atoms with E-state index in [2.05, 4.69) is 14.8 Å². The van der Waals surface area contributed by atoms with E-state index in [1.807, 2.05) is 11.6 Å². The maximum Gasteiger partial charge on any atom is 0.185 e. The third-order valence-corrected chi connectivity index (χ3v) is 4.38. The summed E-state index contributed by atoms with van der Waals surface area (Å²) >= 11 is 1.69. The van der Waals surface area contributed by atoms with Crippen LogP contribution in [0.4, 0.5) is 9.52 Å². The van der Waals surface area contributed by atoms with Gasteiger partial charge in [-0.05, 0) is 24.3 Å². The summed E-state index contributed by atoms with van der Waals surface area (Å²) in [5.41, 5.74) is 0. The predicted octanol–water partition coefficient (Wildman–Crippen LogP) is 2.48. The normalized spacial score (nSPS) is 16.1. The van der Waals surface area contributed by atoms with Crippen molar-refractivity contribution in [1.82, 2.24) is 9.88 Å². The van der Waals surface area contributed by atoms with Crippen molar-refractivity contribution in [2.75, 3.05) is 44.2 Å². The fourth-order valence-electron chi connectivity index (χ4n) is 2.36. The topological polar surface area (TPSA) is 28.6 Å². The Balaban J connectivity index is 1.38. The molecule has 2 heterocycles. The number of ether oxygens (including phenoxy) is 1. The number of nitrogens with zero attached hydrogens (tertiary/aromatic N) is 3. The van der Waals surface area contributed by atoms with Crippen molar-refractivity contribution in [2.24, 2.45) is 0 Å². The predicted molar refractivity (Wildman–Crippen MR) is 82.7 cm³/mol. The van der Waals surface area contributed by atoms with E-state index in [4.69, 9.17) is 4.74 Å². The van der Waals surface area contributed by atoms with E-state index in [9.17, 15) is 4.39 Å². The Hall–Kier alpha value is -1.66. The Morgan fingerprint density at radius 1 is 1.14 bits per heavy atom. The summed E-state index contributed by atoms with van der Waals surface area (Å²) in [5, 5.41) is 3.12. The zero-order valence-electron chi connectivity index (χ0n) is 11.7. The van der Waals surface area contributed by atoms with E-state index in [1.165, 1.54) is 12.1 Å². The highest BCUT2D eigenvalue weighted by atomic mass is 32.1. The largest absolute Gasteiger partial charge is 0.492 e. The van der Waals surface area contributed by atoms with Crippen LogP contribution in [0.5, 0.6) is 5.75 Å².